The van der Waals surface area contributed by atoms with Gasteiger partial charge in [0.25, 0.3) is 0 Å². The lowest BCUT2D eigenvalue weighted by molar-refractivity contribution is 0.152. The van der Waals surface area contributed by atoms with Crippen molar-refractivity contribution >= 4 is 11.3 Å². The number of piperidine rings is 1. The van der Waals surface area contributed by atoms with Gasteiger partial charge in [0.1, 0.15) is 5.01 Å². The van der Waals surface area contributed by atoms with Crippen LogP contribution >= 0.6 is 11.3 Å². The average Bonchev–Trinajstić information content (AvgIpc) is 2.75. The third-order valence-corrected chi connectivity index (χ3v) is 4.90. The van der Waals surface area contributed by atoms with Gasteiger partial charge >= 0.3 is 0 Å². The van der Waals surface area contributed by atoms with Crippen LogP contribution in [0, 0.1) is 0 Å². The van der Waals surface area contributed by atoms with E-state index in [1.54, 1.807) is 11.3 Å². The summed E-state index contributed by atoms with van der Waals surface area (Å²) in [5.74, 6) is 0. The number of hydrogen-bond donors (Lipinski definition) is 1. The molecule has 1 aromatic heterocycles. The van der Waals surface area contributed by atoms with Crippen LogP contribution in [0.5, 0.6) is 0 Å². The Hall–Kier alpha value is -0.450. The summed E-state index contributed by atoms with van der Waals surface area (Å²) in [6, 6.07) is 0.660. The van der Waals surface area contributed by atoms with Gasteiger partial charge in [0.05, 0.1) is 23.7 Å². The lowest BCUT2D eigenvalue weighted by Crippen LogP contribution is -2.36. The van der Waals surface area contributed by atoms with Crippen LogP contribution < -0.4 is 0 Å². The van der Waals surface area contributed by atoms with Crippen molar-refractivity contribution in [3.63, 3.8) is 0 Å². The lowest BCUT2D eigenvalue weighted by Gasteiger charge is -2.32. The van der Waals surface area contributed by atoms with Gasteiger partial charge in [-0.25, -0.2) is 4.98 Å². The van der Waals surface area contributed by atoms with E-state index in [1.807, 2.05) is 0 Å². The topological polar surface area (TPSA) is 36.4 Å². The number of likely N-dealkylation sites (tertiary alicyclic amines) is 1. The predicted octanol–water partition coefficient (Wildman–Crippen LogP) is 3.31. The molecule has 0 aromatic carbocycles. The number of aliphatic hydroxyl groups is 1. The Kier molecular flexibility index (Phi) is 4.64. The fraction of sp³-hybridized carbons (Fsp3) is 0.800. The van der Waals surface area contributed by atoms with Crippen molar-refractivity contribution in [1.29, 1.82) is 0 Å². The Labute approximate surface area is 120 Å². The second kappa shape index (κ2) is 5.90. The first-order valence-corrected chi connectivity index (χ1v) is 8.07. The zero-order valence-electron chi connectivity index (χ0n) is 12.6. The summed E-state index contributed by atoms with van der Waals surface area (Å²) in [6.45, 7) is 11.0. The zero-order chi connectivity index (χ0) is 14.0. The maximum atomic E-state index is 9.51. The normalized spacial score (nSPS) is 21.8. The van der Waals surface area contributed by atoms with Gasteiger partial charge in [0, 0.05) is 11.5 Å². The van der Waals surface area contributed by atoms with Gasteiger partial charge in [0.2, 0.25) is 0 Å². The van der Waals surface area contributed by atoms with Gasteiger partial charge in [0.15, 0.2) is 0 Å². The Morgan fingerprint density at radius 2 is 2.11 bits per heavy atom. The standard InChI is InChI=1S/C15H26N2OS/c1-11-7-5-6-8-17(11)9-13-16-14(15(2,3)4)12(10-18)19-13/h11,18H,5-10H2,1-4H3. The second-order valence-electron chi connectivity index (χ2n) is 6.60. The van der Waals surface area contributed by atoms with E-state index in [4.69, 9.17) is 4.98 Å². The third-order valence-electron chi connectivity index (χ3n) is 3.87. The fourth-order valence-corrected chi connectivity index (χ4v) is 3.89. The highest BCUT2D eigenvalue weighted by atomic mass is 32.1. The first-order valence-electron chi connectivity index (χ1n) is 7.26. The van der Waals surface area contributed by atoms with Crippen LogP contribution in [0.15, 0.2) is 0 Å². The summed E-state index contributed by atoms with van der Waals surface area (Å²) in [4.78, 5) is 8.36. The summed E-state index contributed by atoms with van der Waals surface area (Å²) in [6.07, 6.45) is 3.95. The molecule has 108 valence electrons. The molecule has 1 saturated heterocycles. The van der Waals surface area contributed by atoms with Crippen molar-refractivity contribution < 1.29 is 5.11 Å². The molecule has 4 heteroatoms. The van der Waals surface area contributed by atoms with Gasteiger partial charge in [-0.05, 0) is 26.3 Å². The predicted molar refractivity (Wildman–Crippen MR) is 80.5 cm³/mol. The number of nitrogens with zero attached hydrogens (tertiary/aromatic N) is 2. The Bertz CT molecular complexity index is 422. The van der Waals surface area contributed by atoms with Crippen LogP contribution in [0.2, 0.25) is 0 Å². The van der Waals surface area contributed by atoms with Crippen molar-refractivity contribution in [1.82, 2.24) is 9.88 Å². The molecule has 1 aromatic rings. The zero-order valence-corrected chi connectivity index (χ0v) is 13.4. The van der Waals surface area contributed by atoms with E-state index in [0.717, 1.165) is 22.1 Å². The van der Waals surface area contributed by atoms with Crippen LogP contribution in [0.1, 0.15) is 62.5 Å². The van der Waals surface area contributed by atoms with Crippen LogP contribution in [0.3, 0.4) is 0 Å². The minimum atomic E-state index is 0.0142. The molecule has 19 heavy (non-hydrogen) atoms. The van der Waals surface area contributed by atoms with Gasteiger partial charge in [-0.15, -0.1) is 11.3 Å². The number of thiazole rings is 1. The largest absolute Gasteiger partial charge is 0.391 e. The molecule has 0 amide bonds. The Morgan fingerprint density at radius 1 is 1.37 bits per heavy atom. The molecular formula is C15H26N2OS. The fourth-order valence-electron chi connectivity index (χ4n) is 2.73. The van der Waals surface area contributed by atoms with Crippen molar-refractivity contribution in [2.75, 3.05) is 6.54 Å². The van der Waals surface area contributed by atoms with E-state index >= 15 is 0 Å². The SMILES string of the molecule is CC1CCCCN1Cc1nc(C(C)(C)C)c(CO)s1. The van der Waals surface area contributed by atoms with Gasteiger partial charge < -0.3 is 5.11 Å². The molecule has 2 rings (SSSR count). The summed E-state index contributed by atoms with van der Waals surface area (Å²) in [5.41, 5.74) is 1.08. The smallest absolute Gasteiger partial charge is 0.107 e. The number of hydrogen-bond acceptors (Lipinski definition) is 4. The molecule has 0 radical (unpaired) electrons. The maximum Gasteiger partial charge on any atom is 0.107 e. The molecule has 3 nitrogen and oxygen atoms in total. The number of aliphatic hydroxyl groups excluding tert-OH is 1. The summed E-state index contributed by atoms with van der Waals surface area (Å²) in [5, 5.41) is 10.7. The molecule has 1 aliphatic heterocycles. The second-order valence-corrected chi connectivity index (χ2v) is 7.77. The van der Waals surface area contributed by atoms with Crippen LogP contribution in [-0.4, -0.2) is 27.6 Å². The summed E-state index contributed by atoms with van der Waals surface area (Å²) >= 11 is 1.68. The summed E-state index contributed by atoms with van der Waals surface area (Å²) in [7, 11) is 0. The monoisotopic (exact) mass is 282 g/mol. The maximum absolute atomic E-state index is 9.51. The molecule has 1 N–H and O–H groups in total. The minimum absolute atomic E-state index is 0.0142. The van der Waals surface area contributed by atoms with E-state index in [2.05, 4.69) is 32.6 Å². The molecule has 2 heterocycles. The highest BCUT2D eigenvalue weighted by Gasteiger charge is 2.25. The van der Waals surface area contributed by atoms with Crippen LogP contribution in [0.4, 0.5) is 0 Å². The molecule has 1 aliphatic rings. The van der Waals surface area contributed by atoms with E-state index in [-0.39, 0.29) is 12.0 Å². The van der Waals surface area contributed by atoms with Crippen LogP contribution in [0.25, 0.3) is 0 Å². The third kappa shape index (κ3) is 3.56. The van der Waals surface area contributed by atoms with Gasteiger partial charge in [-0.2, -0.15) is 0 Å². The molecule has 0 bridgehead atoms. The lowest BCUT2D eigenvalue weighted by atomic mass is 9.91. The molecule has 0 saturated carbocycles. The number of rotatable bonds is 3. The van der Waals surface area contributed by atoms with Gasteiger partial charge in [-0.1, -0.05) is 27.2 Å². The van der Waals surface area contributed by atoms with E-state index in [9.17, 15) is 5.11 Å². The van der Waals surface area contributed by atoms with Crippen molar-refractivity contribution in [2.45, 2.75) is 71.6 Å². The first kappa shape index (κ1) is 14.9. The van der Waals surface area contributed by atoms with E-state index in [0.29, 0.717) is 6.04 Å². The van der Waals surface area contributed by atoms with E-state index in [1.165, 1.54) is 25.8 Å². The van der Waals surface area contributed by atoms with E-state index < -0.39 is 0 Å². The van der Waals surface area contributed by atoms with Crippen molar-refractivity contribution in [2.24, 2.45) is 0 Å². The molecule has 1 atom stereocenters. The van der Waals surface area contributed by atoms with Crippen LogP contribution in [-0.2, 0) is 18.6 Å². The molecule has 0 aliphatic carbocycles. The quantitative estimate of drug-likeness (QED) is 0.924. The molecule has 1 fully saturated rings. The molecular weight excluding hydrogens is 256 g/mol. The van der Waals surface area contributed by atoms with Gasteiger partial charge in [-0.3, -0.25) is 4.90 Å². The summed E-state index contributed by atoms with van der Waals surface area (Å²) < 4.78 is 0. The highest BCUT2D eigenvalue weighted by molar-refractivity contribution is 7.11. The molecule has 0 spiro atoms. The van der Waals surface area contributed by atoms with Crippen molar-refractivity contribution in [3.05, 3.63) is 15.6 Å². The molecule has 1 unspecified atom stereocenters. The first-order chi connectivity index (χ1) is 8.91. The highest BCUT2D eigenvalue weighted by Crippen LogP contribution is 2.31. The Morgan fingerprint density at radius 3 is 2.63 bits per heavy atom. The average molecular weight is 282 g/mol. The number of aromatic nitrogens is 1. The van der Waals surface area contributed by atoms with Crippen molar-refractivity contribution in [3.8, 4) is 0 Å². The minimum Gasteiger partial charge on any atom is -0.391 e. The Balaban J connectivity index is 2.15.